The SMILES string of the molecule is CCCCOc1c2n(ccc1=O)CC1N(CCCN1C(c1ccccc1)c1ccccc1)C2=O. The minimum atomic E-state index is -0.227. The molecule has 3 heterocycles. The molecule has 0 spiro atoms. The van der Waals surface area contributed by atoms with Crippen LogP contribution < -0.4 is 10.2 Å². The number of hydrogen-bond donors (Lipinski definition) is 0. The van der Waals surface area contributed by atoms with Crippen LogP contribution in [0.1, 0.15) is 53.8 Å². The molecule has 0 saturated carbocycles. The van der Waals surface area contributed by atoms with Crippen molar-refractivity contribution < 1.29 is 9.53 Å². The van der Waals surface area contributed by atoms with E-state index in [1.807, 2.05) is 21.6 Å². The average Bonchev–Trinajstić information content (AvgIpc) is 2.87. The Kier molecular flexibility index (Phi) is 6.50. The average molecular weight is 458 g/mol. The summed E-state index contributed by atoms with van der Waals surface area (Å²) in [6.07, 6.45) is 4.32. The second-order valence-electron chi connectivity index (χ2n) is 9.01. The van der Waals surface area contributed by atoms with Crippen LogP contribution in [-0.4, -0.2) is 46.1 Å². The lowest BCUT2D eigenvalue weighted by molar-refractivity contribution is -0.0240. The van der Waals surface area contributed by atoms with Crippen LogP contribution in [0.5, 0.6) is 5.75 Å². The van der Waals surface area contributed by atoms with Gasteiger partial charge in [0.05, 0.1) is 19.2 Å². The van der Waals surface area contributed by atoms with Crippen LogP contribution in [0.3, 0.4) is 0 Å². The van der Waals surface area contributed by atoms with Crippen molar-refractivity contribution in [3.63, 3.8) is 0 Å². The van der Waals surface area contributed by atoms with Gasteiger partial charge < -0.3 is 14.2 Å². The highest BCUT2D eigenvalue weighted by Gasteiger charge is 2.42. The Morgan fingerprint density at radius 2 is 1.62 bits per heavy atom. The Bertz CT molecular complexity index is 1150. The number of hydrogen-bond acceptors (Lipinski definition) is 4. The summed E-state index contributed by atoms with van der Waals surface area (Å²) < 4.78 is 7.76. The third-order valence-corrected chi connectivity index (χ3v) is 6.82. The molecule has 1 fully saturated rings. The van der Waals surface area contributed by atoms with Crippen molar-refractivity contribution >= 4 is 5.91 Å². The quantitative estimate of drug-likeness (QED) is 0.497. The number of aromatic nitrogens is 1. The summed E-state index contributed by atoms with van der Waals surface area (Å²) in [5.41, 5.74) is 2.57. The maximum atomic E-state index is 13.8. The van der Waals surface area contributed by atoms with Crippen molar-refractivity contribution in [2.45, 2.75) is 44.9 Å². The predicted octanol–water partition coefficient (Wildman–Crippen LogP) is 4.30. The molecule has 1 atom stereocenters. The zero-order valence-corrected chi connectivity index (χ0v) is 19.6. The maximum absolute atomic E-state index is 13.8. The summed E-state index contributed by atoms with van der Waals surface area (Å²) >= 11 is 0. The van der Waals surface area contributed by atoms with Crippen molar-refractivity contribution in [3.8, 4) is 5.75 Å². The Hall–Kier alpha value is -3.38. The molecule has 2 aliphatic rings. The summed E-state index contributed by atoms with van der Waals surface area (Å²) in [6, 6.07) is 22.5. The van der Waals surface area contributed by atoms with E-state index in [9.17, 15) is 9.59 Å². The molecule has 1 saturated heterocycles. The van der Waals surface area contributed by atoms with Gasteiger partial charge in [-0.25, -0.2) is 0 Å². The van der Waals surface area contributed by atoms with E-state index < -0.39 is 0 Å². The number of unbranched alkanes of at least 4 members (excludes halogenated alkanes) is 1. The minimum absolute atomic E-state index is 0.0317. The van der Waals surface area contributed by atoms with E-state index in [-0.39, 0.29) is 29.3 Å². The molecule has 0 aliphatic carbocycles. The van der Waals surface area contributed by atoms with Crippen LogP contribution in [0.2, 0.25) is 0 Å². The fraction of sp³-hybridized carbons (Fsp3) is 0.357. The van der Waals surface area contributed by atoms with E-state index >= 15 is 0 Å². The Balaban J connectivity index is 1.55. The van der Waals surface area contributed by atoms with Crippen molar-refractivity contribution in [2.24, 2.45) is 0 Å². The van der Waals surface area contributed by atoms with Crippen LogP contribution in [0, 0.1) is 0 Å². The number of fused-ring (bicyclic) bond motifs is 2. The van der Waals surface area contributed by atoms with E-state index in [0.717, 1.165) is 25.8 Å². The molecule has 2 aromatic carbocycles. The Morgan fingerprint density at radius 3 is 2.26 bits per heavy atom. The Labute approximate surface area is 200 Å². The molecular formula is C28H31N3O3. The molecule has 6 heteroatoms. The number of nitrogens with zero attached hydrogens (tertiary/aromatic N) is 3. The van der Waals surface area contributed by atoms with Gasteiger partial charge in [0.1, 0.15) is 6.17 Å². The highest BCUT2D eigenvalue weighted by Crippen LogP contribution is 2.36. The molecule has 0 radical (unpaired) electrons. The van der Waals surface area contributed by atoms with Gasteiger partial charge in [-0.05, 0) is 24.0 Å². The molecule has 0 N–H and O–H groups in total. The second-order valence-corrected chi connectivity index (χ2v) is 9.01. The van der Waals surface area contributed by atoms with Crippen molar-refractivity contribution in [1.29, 1.82) is 0 Å². The van der Waals surface area contributed by atoms with Gasteiger partial charge in [0, 0.05) is 25.4 Å². The first-order valence-electron chi connectivity index (χ1n) is 12.2. The van der Waals surface area contributed by atoms with E-state index in [2.05, 4.69) is 60.4 Å². The summed E-state index contributed by atoms with van der Waals surface area (Å²) in [5, 5.41) is 0. The lowest BCUT2D eigenvalue weighted by Gasteiger charge is -2.50. The first-order valence-corrected chi connectivity index (χ1v) is 12.2. The van der Waals surface area contributed by atoms with Gasteiger partial charge in [0.15, 0.2) is 11.4 Å². The number of ether oxygens (including phenoxy) is 1. The van der Waals surface area contributed by atoms with E-state index in [0.29, 0.717) is 25.4 Å². The van der Waals surface area contributed by atoms with E-state index in [1.54, 1.807) is 6.20 Å². The third kappa shape index (κ3) is 4.14. The van der Waals surface area contributed by atoms with E-state index in [1.165, 1.54) is 17.2 Å². The summed E-state index contributed by atoms with van der Waals surface area (Å²) in [7, 11) is 0. The largest absolute Gasteiger partial charge is 0.487 e. The zero-order chi connectivity index (χ0) is 23.5. The molecule has 1 aromatic heterocycles. The van der Waals surface area contributed by atoms with Crippen LogP contribution in [0.4, 0.5) is 0 Å². The van der Waals surface area contributed by atoms with E-state index in [4.69, 9.17) is 4.74 Å². The first-order chi connectivity index (χ1) is 16.7. The second kappa shape index (κ2) is 9.85. The molecule has 3 aromatic rings. The monoisotopic (exact) mass is 457 g/mol. The third-order valence-electron chi connectivity index (χ3n) is 6.82. The van der Waals surface area contributed by atoms with Gasteiger partial charge in [0.25, 0.3) is 5.91 Å². The molecule has 1 amide bonds. The van der Waals surface area contributed by atoms with Crippen LogP contribution in [-0.2, 0) is 6.54 Å². The van der Waals surface area contributed by atoms with Crippen LogP contribution in [0.25, 0.3) is 0 Å². The van der Waals surface area contributed by atoms with Gasteiger partial charge in [-0.15, -0.1) is 0 Å². The van der Waals surface area contributed by atoms with Gasteiger partial charge >= 0.3 is 0 Å². The number of rotatable bonds is 7. The van der Waals surface area contributed by atoms with Gasteiger partial charge in [-0.3, -0.25) is 14.5 Å². The predicted molar refractivity (Wildman–Crippen MR) is 132 cm³/mol. The lowest BCUT2D eigenvalue weighted by Crippen LogP contribution is -2.61. The first kappa shape index (κ1) is 22.4. The maximum Gasteiger partial charge on any atom is 0.275 e. The number of carbonyl (C=O) groups excluding carboxylic acids is 1. The van der Waals surface area contributed by atoms with Crippen LogP contribution >= 0.6 is 0 Å². The number of carbonyl (C=O) groups is 1. The molecule has 34 heavy (non-hydrogen) atoms. The topological polar surface area (TPSA) is 54.8 Å². The van der Waals surface area contributed by atoms with Gasteiger partial charge in [-0.1, -0.05) is 74.0 Å². The Morgan fingerprint density at radius 1 is 0.941 bits per heavy atom. The smallest absolute Gasteiger partial charge is 0.275 e. The zero-order valence-electron chi connectivity index (χ0n) is 19.6. The summed E-state index contributed by atoms with van der Waals surface area (Å²) in [4.78, 5) is 30.7. The number of benzene rings is 2. The normalized spacial score (nSPS) is 18.0. The van der Waals surface area contributed by atoms with Gasteiger partial charge in [-0.2, -0.15) is 0 Å². The highest BCUT2D eigenvalue weighted by molar-refractivity contribution is 5.96. The van der Waals surface area contributed by atoms with Crippen molar-refractivity contribution in [3.05, 3.63) is 100.0 Å². The highest BCUT2D eigenvalue weighted by atomic mass is 16.5. The molecule has 0 bridgehead atoms. The standard InChI is InChI=1S/C28H31N3O3/c1-2-3-19-34-27-23(32)15-18-29-20-24-30(16-10-17-31(24)28(33)26(27)29)25(21-11-6-4-7-12-21)22-13-8-5-9-14-22/h4-9,11-15,18,24-25H,2-3,10,16-17,19-20H2,1H3. The van der Waals surface area contributed by atoms with Crippen molar-refractivity contribution in [2.75, 3.05) is 19.7 Å². The minimum Gasteiger partial charge on any atom is -0.487 e. The van der Waals surface area contributed by atoms with Gasteiger partial charge in [0.2, 0.25) is 5.43 Å². The summed E-state index contributed by atoms with van der Waals surface area (Å²) in [5.74, 6) is 0.0733. The van der Waals surface area contributed by atoms with Crippen molar-refractivity contribution in [1.82, 2.24) is 14.4 Å². The fourth-order valence-corrected chi connectivity index (χ4v) is 5.19. The van der Waals surface area contributed by atoms with Crippen LogP contribution in [0.15, 0.2) is 77.7 Å². The molecule has 176 valence electrons. The summed E-state index contributed by atoms with van der Waals surface area (Å²) in [6.45, 7) is 4.67. The fourth-order valence-electron chi connectivity index (χ4n) is 5.19. The number of amides is 1. The molecule has 1 unspecified atom stereocenters. The molecular weight excluding hydrogens is 426 g/mol. The molecule has 5 rings (SSSR count). The lowest BCUT2D eigenvalue weighted by atomic mass is 9.94. The molecule has 2 aliphatic heterocycles. The number of pyridine rings is 1. The molecule has 6 nitrogen and oxygen atoms in total.